The lowest BCUT2D eigenvalue weighted by molar-refractivity contribution is -0.330. The van der Waals surface area contributed by atoms with Crippen LogP contribution in [0, 0.1) is 5.41 Å². The fourth-order valence-corrected chi connectivity index (χ4v) is 4.75. The highest BCUT2D eigenvalue weighted by atomic mass is 16.7. The summed E-state index contributed by atoms with van der Waals surface area (Å²) in [6, 6.07) is 0. The lowest BCUT2D eigenvalue weighted by Crippen LogP contribution is -2.61. The van der Waals surface area contributed by atoms with Crippen LogP contribution in [0.2, 0.25) is 0 Å². The lowest BCUT2D eigenvalue weighted by atomic mass is 9.73. The molecule has 0 aromatic rings. The lowest BCUT2D eigenvalue weighted by Gasteiger charge is -2.43. The van der Waals surface area contributed by atoms with Crippen molar-refractivity contribution in [3.63, 3.8) is 0 Å². The molecule has 0 bridgehead atoms. The SMILES string of the molecule is CC1=C(COC2OC(COC3OC(CO)C(O)C(O)C3O)C(O)C(O)C2O)C(C)(C)CCC1. The molecule has 0 spiro atoms. The molecule has 2 fully saturated rings. The molecular formula is C22H38O11. The molecule has 0 aromatic heterocycles. The molecule has 0 saturated carbocycles. The number of aliphatic hydroxyl groups is 7. The number of hydrogen-bond donors (Lipinski definition) is 7. The van der Waals surface area contributed by atoms with Gasteiger partial charge in [-0.3, -0.25) is 0 Å². The summed E-state index contributed by atoms with van der Waals surface area (Å²) in [6.45, 7) is 5.50. The Hall–Kier alpha value is -0.700. The fourth-order valence-electron chi connectivity index (χ4n) is 4.75. The first-order valence-electron chi connectivity index (χ1n) is 11.4. The standard InChI is InChI=1S/C22H38O11/c1-10-5-4-6-22(2,3)11(10)8-30-20-19(29)17(27)15(25)13(33-20)9-31-21-18(28)16(26)14(24)12(7-23)32-21/h12-21,23-29H,4-9H2,1-3H3. The van der Waals surface area contributed by atoms with Gasteiger partial charge in [0.1, 0.15) is 48.8 Å². The third kappa shape index (κ3) is 5.76. The molecule has 0 amide bonds. The van der Waals surface area contributed by atoms with Gasteiger partial charge < -0.3 is 54.7 Å². The summed E-state index contributed by atoms with van der Waals surface area (Å²) in [5, 5.41) is 70.2. The highest BCUT2D eigenvalue weighted by molar-refractivity contribution is 5.22. The van der Waals surface area contributed by atoms with Crippen molar-refractivity contribution in [1.82, 2.24) is 0 Å². The van der Waals surface area contributed by atoms with Gasteiger partial charge in [0.25, 0.3) is 0 Å². The molecule has 7 N–H and O–H groups in total. The summed E-state index contributed by atoms with van der Waals surface area (Å²) in [4.78, 5) is 0. The van der Waals surface area contributed by atoms with Crippen LogP contribution in [0.5, 0.6) is 0 Å². The topological polar surface area (TPSA) is 179 Å². The van der Waals surface area contributed by atoms with E-state index in [1.807, 2.05) is 6.92 Å². The van der Waals surface area contributed by atoms with Gasteiger partial charge in [0.05, 0.1) is 19.8 Å². The highest BCUT2D eigenvalue weighted by Crippen LogP contribution is 2.40. The van der Waals surface area contributed by atoms with E-state index in [0.29, 0.717) is 0 Å². The molecule has 3 aliphatic rings. The second-order valence-electron chi connectivity index (χ2n) is 9.85. The van der Waals surface area contributed by atoms with Gasteiger partial charge in [-0.15, -0.1) is 0 Å². The Morgan fingerprint density at radius 3 is 1.94 bits per heavy atom. The average Bonchev–Trinajstić information content (AvgIpc) is 2.77. The van der Waals surface area contributed by atoms with Gasteiger partial charge in [-0.05, 0) is 37.2 Å². The van der Waals surface area contributed by atoms with Crippen molar-refractivity contribution in [2.45, 2.75) is 101 Å². The van der Waals surface area contributed by atoms with E-state index in [9.17, 15) is 35.7 Å². The van der Waals surface area contributed by atoms with Gasteiger partial charge in [-0.25, -0.2) is 0 Å². The third-order valence-corrected chi connectivity index (χ3v) is 7.02. The third-order valence-electron chi connectivity index (χ3n) is 7.02. The van der Waals surface area contributed by atoms with Crippen LogP contribution < -0.4 is 0 Å². The van der Waals surface area contributed by atoms with E-state index in [1.54, 1.807) is 0 Å². The normalized spacial score (nSPS) is 44.2. The number of hydrogen-bond acceptors (Lipinski definition) is 11. The molecule has 0 radical (unpaired) electrons. The van der Waals surface area contributed by atoms with Gasteiger partial charge in [-0.2, -0.15) is 0 Å². The van der Waals surface area contributed by atoms with Crippen LogP contribution in [0.4, 0.5) is 0 Å². The number of rotatable bonds is 7. The van der Waals surface area contributed by atoms with Crippen LogP contribution in [-0.2, 0) is 18.9 Å². The molecule has 192 valence electrons. The van der Waals surface area contributed by atoms with Crippen molar-refractivity contribution in [3.8, 4) is 0 Å². The predicted molar refractivity (Wildman–Crippen MR) is 113 cm³/mol. The zero-order chi connectivity index (χ0) is 24.5. The van der Waals surface area contributed by atoms with Gasteiger partial charge in [0.2, 0.25) is 0 Å². The average molecular weight is 479 g/mol. The van der Waals surface area contributed by atoms with E-state index in [-0.39, 0.29) is 18.6 Å². The molecular weight excluding hydrogens is 440 g/mol. The maximum Gasteiger partial charge on any atom is 0.187 e. The molecule has 10 atom stereocenters. The fraction of sp³-hybridized carbons (Fsp3) is 0.909. The minimum absolute atomic E-state index is 0.0638. The number of ether oxygens (including phenoxy) is 4. The molecule has 2 heterocycles. The van der Waals surface area contributed by atoms with Gasteiger partial charge >= 0.3 is 0 Å². The summed E-state index contributed by atoms with van der Waals surface area (Å²) in [7, 11) is 0. The first kappa shape index (κ1) is 26.9. The second kappa shape index (κ2) is 10.9. The Balaban J connectivity index is 1.62. The Bertz CT molecular complexity index is 681. The van der Waals surface area contributed by atoms with E-state index < -0.39 is 68.0 Å². The van der Waals surface area contributed by atoms with Crippen LogP contribution in [0.15, 0.2) is 11.1 Å². The Labute approximate surface area is 193 Å². The van der Waals surface area contributed by atoms with Crippen molar-refractivity contribution < 1.29 is 54.7 Å². The molecule has 2 saturated heterocycles. The Morgan fingerprint density at radius 2 is 1.36 bits per heavy atom. The molecule has 33 heavy (non-hydrogen) atoms. The van der Waals surface area contributed by atoms with Gasteiger partial charge in [0, 0.05) is 0 Å². The van der Waals surface area contributed by atoms with Crippen molar-refractivity contribution >= 4 is 0 Å². The Kier molecular flexibility index (Phi) is 8.90. The van der Waals surface area contributed by atoms with Crippen molar-refractivity contribution in [2.75, 3.05) is 19.8 Å². The zero-order valence-electron chi connectivity index (χ0n) is 19.3. The number of allylic oxidation sites excluding steroid dienone is 1. The quantitative estimate of drug-likeness (QED) is 0.204. The summed E-state index contributed by atoms with van der Waals surface area (Å²) < 4.78 is 22.2. The predicted octanol–water partition coefficient (Wildman–Crippen LogP) is -1.85. The highest BCUT2D eigenvalue weighted by Gasteiger charge is 2.47. The van der Waals surface area contributed by atoms with Crippen molar-refractivity contribution in [1.29, 1.82) is 0 Å². The number of aliphatic hydroxyl groups excluding tert-OH is 7. The van der Waals surface area contributed by atoms with E-state index in [4.69, 9.17) is 18.9 Å². The maximum absolute atomic E-state index is 10.4. The molecule has 2 aliphatic heterocycles. The van der Waals surface area contributed by atoms with Crippen molar-refractivity contribution in [3.05, 3.63) is 11.1 Å². The van der Waals surface area contributed by atoms with E-state index in [1.165, 1.54) is 5.57 Å². The summed E-state index contributed by atoms with van der Waals surface area (Å²) in [6.07, 6.45) is -11.2. The Morgan fingerprint density at radius 1 is 0.818 bits per heavy atom. The van der Waals surface area contributed by atoms with E-state index in [0.717, 1.165) is 24.8 Å². The smallest absolute Gasteiger partial charge is 0.187 e. The summed E-state index contributed by atoms with van der Waals surface area (Å²) >= 11 is 0. The van der Waals surface area contributed by atoms with Crippen molar-refractivity contribution in [2.24, 2.45) is 5.41 Å². The van der Waals surface area contributed by atoms with E-state index in [2.05, 4.69) is 13.8 Å². The molecule has 0 aromatic carbocycles. The molecule has 1 aliphatic carbocycles. The monoisotopic (exact) mass is 478 g/mol. The molecule has 3 rings (SSSR count). The minimum Gasteiger partial charge on any atom is -0.394 e. The molecule has 10 unspecified atom stereocenters. The summed E-state index contributed by atoms with van der Waals surface area (Å²) in [5.74, 6) is 0. The zero-order valence-corrected chi connectivity index (χ0v) is 19.3. The molecule has 11 heteroatoms. The maximum atomic E-state index is 10.4. The van der Waals surface area contributed by atoms with Crippen LogP contribution >= 0.6 is 0 Å². The molecule has 11 nitrogen and oxygen atoms in total. The minimum atomic E-state index is -1.62. The summed E-state index contributed by atoms with van der Waals surface area (Å²) in [5.41, 5.74) is 2.27. The second-order valence-corrected chi connectivity index (χ2v) is 9.85. The first-order chi connectivity index (χ1) is 15.5. The first-order valence-corrected chi connectivity index (χ1v) is 11.4. The van der Waals surface area contributed by atoms with Crippen LogP contribution in [0.25, 0.3) is 0 Å². The van der Waals surface area contributed by atoms with Crippen LogP contribution in [0.3, 0.4) is 0 Å². The van der Waals surface area contributed by atoms with Crippen LogP contribution in [0.1, 0.15) is 40.0 Å². The van der Waals surface area contributed by atoms with Crippen LogP contribution in [-0.4, -0.2) is 117 Å². The van der Waals surface area contributed by atoms with Gasteiger partial charge in [0.15, 0.2) is 12.6 Å². The van der Waals surface area contributed by atoms with E-state index >= 15 is 0 Å². The van der Waals surface area contributed by atoms with Gasteiger partial charge in [-0.1, -0.05) is 19.4 Å². The largest absolute Gasteiger partial charge is 0.394 e.